The lowest BCUT2D eigenvalue weighted by Crippen LogP contribution is -2.22. The van der Waals surface area contributed by atoms with E-state index in [2.05, 4.69) is 10.3 Å². The van der Waals surface area contributed by atoms with E-state index in [1.54, 1.807) is 6.20 Å². The zero-order valence-corrected chi connectivity index (χ0v) is 8.29. The molecule has 0 radical (unpaired) electrons. The molecular formula is C11H14N2O. The molecule has 1 aliphatic carbocycles. The molecule has 0 unspecified atom stereocenters. The summed E-state index contributed by atoms with van der Waals surface area (Å²) in [5, 5.41) is 2.75. The average Bonchev–Trinajstić information content (AvgIpc) is 3.02. The standard InChI is InChI=1S/C11H14N2O/c1-2-12-11(14)9-5-6-10(13-7-9)8-3-4-8/h5-8H,2-4H2,1H3,(H,12,14). The first-order valence-corrected chi connectivity index (χ1v) is 5.05. The monoisotopic (exact) mass is 190 g/mol. The lowest BCUT2D eigenvalue weighted by atomic mass is 10.2. The number of nitrogens with one attached hydrogen (secondary N) is 1. The normalized spacial score (nSPS) is 15.2. The Morgan fingerprint density at radius 2 is 2.36 bits per heavy atom. The molecule has 0 aliphatic heterocycles. The van der Waals surface area contributed by atoms with Crippen LogP contribution < -0.4 is 5.32 Å². The molecular weight excluding hydrogens is 176 g/mol. The van der Waals surface area contributed by atoms with Crippen molar-refractivity contribution in [1.29, 1.82) is 0 Å². The van der Waals surface area contributed by atoms with Crippen LogP contribution in [0.15, 0.2) is 18.3 Å². The molecule has 1 saturated carbocycles. The van der Waals surface area contributed by atoms with Crippen LogP contribution in [0.2, 0.25) is 0 Å². The van der Waals surface area contributed by atoms with Gasteiger partial charge in [0.15, 0.2) is 0 Å². The van der Waals surface area contributed by atoms with Crippen molar-refractivity contribution >= 4 is 5.91 Å². The van der Waals surface area contributed by atoms with E-state index in [9.17, 15) is 4.79 Å². The van der Waals surface area contributed by atoms with E-state index >= 15 is 0 Å². The maximum absolute atomic E-state index is 11.4. The SMILES string of the molecule is CCNC(=O)c1ccc(C2CC2)nc1. The van der Waals surface area contributed by atoms with Gasteiger partial charge in [-0.15, -0.1) is 0 Å². The summed E-state index contributed by atoms with van der Waals surface area (Å²) < 4.78 is 0. The van der Waals surface area contributed by atoms with Crippen LogP contribution in [0, 0.1) is 0 Å². The van der Waals surface area contributed by atoms with Crippen molar-refractivity contribution in [3.8, 4) is 0 Å². The van der Waals surface area contributed by atoms with Gasteiger partial charge in [-0.2, -0.15) is 0 Å². The molecule has 14 heavy (non-hydrogen) atoms. The summed E-state index contributed by atoms with van der Waals surface area (Å²) in [6.45, 7) is 2.56. The van der Waals surface area contributed by atoms with Gasteiger partial charge in [-0.3, -0.25) is 9.78 Å². The average molecular weight is 190 g/mol. The predicted octanol–water partition coefficient (Wildman–Crippen LogP) is 1.71. The molecule has 1 fully saturated rings. The molecule has 1 N–H and O–H groups in total. The fourth-order valence-electron chi connectivity index (χ4n) is 1.42. The van der Waals surface area contributed by atoms with E-state index in [1.165, 1.54) is 12.8 Å². The zero-order chi connectivity index (χ0) is 9.97. The van der Waals surface area contributed by atoms with Gasteiger partial charge in [-0.1, -0.05) is 0 Å². The Hall–Kier alpha value is -1.38. The van der Waals surface area contributed by atoms with Crippen LogP contribution in [-0.2, 0) is 0 Å². The first-order chi connectivity index (χ1) is 6.81. The van der Waals surface area contributed by atoms with E-state index in [0.717, 1.165) is 5.69 Å². The quantitative estimate of drug-likeness (QED) is 0.788. The maximum Gasteiger partial charge on any atom is 0.252 e. The number of carbonyl (C=O) groups excluding carboxylic acids is 1. The van der Waals surface area contributed by atoms with Crippen LogP contribution in [0.3, 0.4) is 0 Å². The van der Waals surface area contributed by atoms with Crippen LogP contribution in [0.5, 0.6) is 0 Å². The minimum atomic E-state index is -0.0395. The summed E-state index contributed by atoms with van der Waals surface area (Å²) in [4.78, 5) is 15.7. The number of amides is 1. The molecule has 74 valence electrons. The van der Waals surface area contributed by atoms with Gasteiger partial charge >= 0.3 is 0 Å². The van der Waals surface area contributed by atoms with E-state index in [0.29, 0.717) is 18.0 Å². The van der Waals surface area contributed by atoms with E-state index in [1.807, 2.05) is 19.1 Å². The molecule has 0 atom stereocenters. The largest absolute Gasteiger partial charge is 0.352 e. The highest BCUT2D eigenvalue weighted by molar-refractivity contribution is 5.93. The van der Waals surface area contributed by atoms with E-state index < -0.39 is 0 Å². The topological polar surface area (TPSA) is 42.0 Å². The first kappa shape index (κ1) is 9.19. The fourth-order valence-corrected chi connectivity index (χ4v) is 1.42. The molecule has 1 aliphatic rings. The summed E-state index contributed by atoms with van der Waals surface area (Å²) in [5.41, 5.74) is 1.77. The Kier molecular flexibility index (Phi) is 2.48. The van der Waals surface area contributed by atoms with Gasteiger partial charge in [0.25, 0.3) is 5.91 Å². The molecule has 1 aromatic heterocycles. The Balaban J connectivity index is 2.08. The Labute approximate surface area is 83.5 Å². The Bertz CT molecular complexity index is 328. The Morgan fingerprint density at radius 3 is 2.86 bits per heavy atom. The van der Waals surface area contributed by atoms with E-state index in [-0.39, 0.29) is 5.91 Å². The highest BCUT2D eigenvalue weighted by Gasteiger charge is 2.24. The van der Waals surface area contributed by atoms with E-state index in [4.69, 9.17) is 0 Å². The summed E-state index contributed by atoms with van der Waals surface area (Å²) in [7, 11) is 0. The molecule has 0 aromatic carbocycles. The highest BCUT2D eigenvalue weighted by Crippen LogP contribution is 2.38. The van der Waals surface area contributed by atoms with Crippen molar-refractivity contribution in [2.75, 3.05) is 6.54 Å². The Morgan fingerprint density at radius 1 is 1.57 bits per heavy atom. The molecule has 1 amide bonds. The number of hydrogen-bond donors (Lipinski definition) is 1. The van der Waals surface area contributed by atoms with Gasteiger partial charge in [0.2, 0.25) is 0 Å². The predicted molar refractivity (Wildman–Crippen MR) is 54.2 cm³/mol. The van der Waals surface area contributed by atoms with Crippen LogP contribution in [0.4, 0.5) is 0 Å². The van der Waals surface area contributed by atoms with Gasteiger partial charge in [0.1, 0.15) is 0 Å². The minimum absolute atomic E-state index is 0.0395. The van der Waals surface area contributed by atoms with Crippen molar-refractivity contribution in [1.82, 2.24) is 10.3 Å². The molecule has 3 heteroatoms. The van der Waals surface area contributed by atoms with Crippen LogP contribution >= 0.6 is 0 Å². The highest BCUT2D eigenvalue weighted by atomic mass is 16.1. The number of pyridine rings is 1. The van der Waals surface area contributed by atoms with Gasteiger partial charge < -0.3 is 5.32 Å². The third-order valence-electron chi connectivity index (χ3n) is 2.38. The maximum atomic E-state index is 11.4. The van der Waals surface area contributed by atoms with Gasteiger partial charge in [0, 0.05) is 24.4 Å². The van der Waals surface area contributed by atoms with Gasteiger partial charge in [0.05, 0.1) is 5.56 Å². The number of rotatable bonds is 3. The lowest BCUT2D eigenvalue weighted by molar-refractivity contribution is 0.0955. The number of nitrogens with zero attached hydrogens (tertiary/aromatic N) is 1. The van der Waals surface area contributed by atoms with Crippen molar-refractivity contribution in [3.63, 3.8) is 0 Å². The molecule has 3 nitrogen and oxygen atoms in total. The first-order valence-electron chi connectivity index (χ1n) is 5.05. The minimum Gasteiger partial charge on any atom is -0.352 e. The summed E-state index contributed by atoms with van der Waals surface area (Å²) in [6, 6.07) is 3.81. The smallest absolute Gasteiger partial charge is 0.252 e. The fraction of sp³-hybridized carbons (Fsp3) is 0.455. The van der Waals surface area contributed by atoms with Crippen molar-refractivity contribution in [3.05, 3.63) is 29.6 Å². The molecule has 1 heterocycles. The number of carbonyl (C=O) groups is 1. The molecule has 0 saturated heterocycles. The second-order valence-corrected chi connectivity index (χ2v) is 3.61. The summed E-state index contributed by atoms with van der Waals surface area (Å²) in [5.74, 6) is 0.612. The lowest BCUT2D eigenvalue weighted by Gasteiger charge is -2.02. The van der Waals surface area contributed by atoms with Crippen molar-refractivity contribution in [2.45, 2.75) is 25.7 Å². The third-order valence-corrected chi connectivity index (χ3v) is 2.38. The van der Waals surface area contributed by atoms with Crippen LogP contribution in [0.1, 0.15) is 41.7 Å². The molecule has 0 bridgehead atoms. The molecule has 0 spiro atoms. The van der Waals surface area contributed by atoms with Crippen molar-refractivity contribution < 1.29 is 4.79 Å². The second-order valence-electron chi connectivity index (χ2n) is 3.61. The number of aromatic nitrogens is 1. The molecule has 1 aromatic rings. The molecule has 2 rings (SSSR count). The van der Waals surface area contributed by atoms with Crippen molar-refractivity contribution in [2.24, 2.45) is 0 Å². The number of hydrogen-bond acceptors (Lipinski definition) is 2. The van der Waals surface area contributed by atoms with Crippen LogP contribution in [0.25, 0.3) is 0 Å². The van der Waals surface area contributed by atoms with Crippen LogP contribution in [-0.4, -0.2) is 17.4 Å². The van der Waals surface area contributed by atoms with Gasteiger partial charge in [-0.25, -0.2) is 0 Å². The summed E-state index contributed by atoms with van der Waals surface area (Å²) >= 11 is 0. The summed E-state index contributed by atoms with van der Waals surface area (Å²) in [6.07, 6.45) is 4.15. The third kappa shape index (κ3) is 1.92. The zero-order valence-electron chi connectivity index (χ0n) is 8.29. The van der Waals surface area contributed by atoms with Gasteiger partial charge in [-0.05, 0) is 31.9 Å². The second kappa shape index (κ2) is 3.78.